The molecule has 5 nitrogen and oxygen atoms in total. The maximum atomic E-state index is 12.6. The van der Waals surface area contributed by atoms with Crippen molar-refractivity contribution >= 4 is 23.2 Å². The Morgan fingerprint density at radius 1 is 1.11 bits per heavy atom. The third kappa shape index (κ3) is 5.12. The van der Waals surface area contributed by atoms with E-state index in [9.17, 15) is 9.59 Å². The van der Waals surface area contributed by atoms with Crippen LogP contribution in [-0.4, -0.2) is 25.0 Å². The van der Waals surface area contributed by atoms with Crippen LogP contribution in [0.4, 0.5) is 11.4 Å². The average molecular weight is 380 g/mol. The van der Waals surface area contributed by atoms with E-state index in [0.29, 0.717) is 18.8 Å². The van der Waals surface area contributed by atoms with Gasteiger partial charge in [-0.3, -0.25) is 9.59 Å². The third-order valence-electron chi connectivity index (χ3n) is 4.98. The number of amides is 2. The Balaban J connectivity index is 1.53. The molecule has 1 aliphatic heterocycles. The topological polar surface area (TPSA) is 58.6 Å². The molecule has 1 atom stereocenters. The van der Waals surface area contributed by atoms with Crippen LogP contribution in [0.15, 0.2) is 48.5 Å². The summed E-state index contributed by atoms with van der Waals surface area (Å²) in [5.74, 6) is 0.314. The van der Waals surface area contributed by atoms with E-state index in [4.69, 9.17) is 4.74 Å². The number of hydrogen-bond donors (Lipinski definition) is 1. The summed E-state index contributed by atoms with van der Waals surface area (Å²) in [7, 11) is 0. The van der Waals surface area contributed by atoms with Crippen molar-refractivity contribution < 1.29 is 14.3 Å². The molecule has 1 N–H and O–H groups in total. The molecule has 28 heavy (non-hydrogen) atoms. The predicted octanol–water partition coefficient (Wildman–Crippen LogP) is 4.56. The highest BCUT2D eigenvalue weighted by atomic mass is 16.5. The Morgan fingerprint density at radius 2 is 1.82 bits per heavy atom. The van der Waals surface area contributed by atoms with Crippen molar-refractivity contribution in [2.24, 2.45) is 5.92 Å². The summed E-state index contributed by atoms with van der Waals surface area (Å²) in [4.78, 5) is 26.6. The summed E-state index contributed by atoms with van der Waals surface area (Å²) in [6.07, 6.45) is 3.60. The fourth-order valence-electron chi connectivity index (χ4n) is 3.28. The molecular weight excluding hydrogens is 352 g/mol. The van der Waals surface area contributed by atoms with Crippen LogP contribution in [0, 0.1) is 12.8 Å². The van der Waals surface area contributed by atoms with Gasteiger partial charge in [-0.15, -0.1) is 0 Å². The van der Waals surface area contributed by atoms with Gasteiger partial charge in [0.2, 0.25) is 11.8 Å². The Bertz CT molecular complexity index is 800. The molecule has 1 heterocycles. The van der Waals surface area contributed by atoms with Gasteiger partial charge in [-0.1, -0.05) is 37.5 Å². The van der Waals surface area contributed by atoms with E-state index in [1.54, 1.807) is 4.90 Å². The fraction of sp³-hybridized carbons (Fsp3) is 0.391. The van der Waals surface area contributed by atoms with Crippen molar-refractivity contribution in [1.29, 1.82) is 0 Å². The lowest BCUT2D eigenvalue weighted by molar-refractivity contribution is -0.122. The standard InChI is InChI=1S/C23H28N2O3/c1-3-4-5-14-28-21-12-8-19(9-13-21)24-23(27)18-15-22(26)25(16-18)20-10-6-17(2)7-11-20/h6-13,18H,3-5,14-16H2,1-2H3,(H,24,27)/t18-/m1/s1. The highest BCUT2D eigenvalue weighted by Crippen LogP contribution is 2.26. The number of unbranched alkanes of at least 4 members (excludes halogenated alkanes) is 2. The second-order valence-corrected chi connectivity index (χ2v) is 7.31. The van der Waals surface area contributed by atoms with Crippen molar-refractivity contribution in [3.8, 4) is 5.75 Å². The van der Waals surface area contributed by atoms with Crippen molar-refractivity contribution in [2.45, 2.75) is 39.5 Å². The van der Waals surface area contributed by atoms with Crippen LogP contribution in [0.5, 0.6) is 5.75 Å². The highest BCUT2D eigenvalue weighted by molar-refractivity contribution is 6.03. The lowest BCUT2D eigenvalue weighted by Gasteiger charge is -2.17. The summed E-state index contributed by atoms with van der Waals surface area (Å²) in [5.41, 5.74) is 2.70. The number of rotatable bonds is 8. The molecule has 0 unspecified atom stereocenters. The zero-order chi connectivity index (χ0) is 19.9. The van der Waals surface area contributed by atoms with Gasteiger partial charge in [-0.2, -0.15) is 0 Å². The van der Waals surface area contributed by atoms with Gasteiger partial charge < -0.3 is 15.0 Å². The minimum atomic E-state index is -0.348. The summed E-state index contributed by atoms with van der Waals surface area (Å²) in [6, 6.07) is 15.2. The molecular formula is C23H28N2O3. The van der Waals surface area contributed by atoms with Gasteiger partial charge in [-0.25, -0.2) is 0 Å². The molecule has 5 heteroatoms. The molecule has 0 bridgehead atoms. The molecule has 1 fully saturated rings. The Labute approximate surface area is 166 Å². The van der Waals surface area contributed by atoms with E-state index >= 15 is 0 Å². The number of anilines is 2. The first kappa shape index (κ1) is 19.9. The molecule has 0 aromatic heterocycles. The monoisotopic (exact) mass is 380 g/mol. The number of hydrogen-bond acceptors (Lipinski definition) is 3. The van der Waals surface area contributed by atoms with Crippen molar-refractivity contribution in [1.82, 2.24) is 0 Å². The first-order chi connectivity index (χ1) is 13.6. The normalized spacial score (nSPS) is 16.3. The molecule has 3 rings (SSSR count). The van der Waals surface area contributed by atoms with Crippen LogP contribution < -0.4 is 15.0 Å². The summed E-state index contributed by atoms with van der Waals surface area (Å²) in [5, 5.41) is 2.92. The molecule has 1 saturated heterocycles. The maximum Gasteiger partial charge on any atom is 0.229 e. The first-order valence-electron chi connectivity index (χ1n) is 9.97. The molecule has 0 saturated carbocycles. The number of nitrogens with one attached hydrogen (secondary N) is 1. The van der Waals surface area contributed by atoms with Gasteiger partial charge in [0.15, 0.2) is 0 Å². The van der Waals surface area contributed by atoms with E-state index in [1.807, 2.05) is 55.5 Å². The largest absolute Gasteiger partial charge is 0.494 e. The van der Waals surface area contributed by atoms with E-state index in [0.717, 1.165) is 29.8 Å². The van der Waals surface area contributed by atoms with Gasteiger partial charge in [0, 0.05) is 24.3 Å². The molecule has 1 aliphatic rings. The van der Waals surface area contributed by atoms with Crippen LogP contribution in [0.25, 0.3) is 0 Å². The van der Waals surface area contributed by atoms with Gasteiger partial charge in [0.05, 0.1) is 12.5 Å². The quantitative estimate of drug-likeness (QED) is 0.683. The van der Waals surface area contributed by atoms with Gasteiger partial charge in [-0.05, 0) is 49.7 Å². The smallest absolute Gasteiger partial charge is 0.229 e. The summed E-state index contributed by atoms with van der Waals surface area (Å²) >= 11 is 0. The minimum absolute atomic E-state index is 0.0140. The van der Waals surface area contributed by atoms with E-state index in [1.165, 1.54) is 6.42 Å². The minimum Gasteiger partial charge on any atom is -0.494 e. The number of nitrogens with zero attached hydrogens (tertiary/aromatic N) is 1. The summed E-state index contributed by atoms with van der Waals surface area (Å²) < 4.78 is 5.69. The second kappa shape index (κ2) is 9.40. The summed E-state index contributed by atoms with van der Waals surface area (Å²) in [6.45, 7) is 5.29. The molecule has 148 valence electrons. The predicted molar refractivity (Wildman–Crippen MR) is 112 cm³/mol. The van der Waals surface area contributed by atoms with Crippen molar-refractivity contribution in [3.63, 3.8) is 0 Å². The van der Waals surface area contributed by atoms with Crippen LogP contribution >= 0.6 is 0 Å². The Kier molecular flexibility index (Phi) is 6.69. The number of carbonyl (C=O) groups excluding carboxylic acids is 2. The lowest BCUT2D eigenvalue weighted by Crippen LogP contribution is -2.28. The van der Waals surface area contributed by atoms with E-state index in [-0.39, 0.29) is 24.2 Å². The molecule has 0 spiro atoms. The van der Waals surface area contributed by atoms with Crippen LogP contribution in [0.1, 0.15) is 38.2 Å². The zero-order valence-electron chi connectivity index (χ0n) is 16.6. The van der Waals surface area contributed by atoms with E-state index in [2.05, 4.69) is 12.2 Å². The Hall–Kier alpha value is -2.82. The Morgan fingerprint density at radius 3 is 2.50 bits per heavy atom. The van der Waals surface area contributed by atoms with Gasteiger partial charge in [0.25, 0.3) is 0 Å². The zero-order valence-corrected chi connectivity index (χ0v) is 16.6. The molecule has 2 amide bonds. The molecule has 2 aromatic carbocycles. The van der Waals surface area contributed by atoms with Gasteiger partial charge in [0.1, 0.15) is 5.75 Å². The van der Waals surface area contributed by atoms with Crippen LogP contribution in [-0.2, 0) is 9.59 Å². The number of aryl methyl sites for hydroxylation is 1. The third-order valence-corrected chi connectivity index (χ3v) is 4.98. The van der Waals surface area contributed by atoms with Crippen LogP contribution in [0.2, 0.25) is 0 Å². The molecule has 0 aliphatic carbocycles. The fourth-order valence-corrected chi connectivity index (χ4v) is 3.28. The number of ether oxygens (including phenoxy) is 1. The van der Waals surface area contributed by atoms with Crippen LogP contribution in [0.3, 0.4) is 0 Å². The average Bonchev–Trinajstić information content (AvgIpc) is 3.09. The number of carbonyl (C=O) groups is 2. The second-order valence-electron chi connectivity index (χ2n) is 7.31. The molecule has 2 aromatic rings. The molecule has 0 radical (unpaired) electrons. The first-order valence-corrected chi connectivity index (χ1v) is 9.97. The van der Waals surface area contributed by atoms with E-state index < -0.39 is 0 Å². The number of benzene rings is 2. The van der Waals surface area contributed by atoms with Crippen molar-refractivity contribution in [3.05, 3.63) is 54.1 Å². The van der Waals surface area contributed by atoms with Gasteiger partial charge >= 0.3 is 0 Å². The lowest BCUT2D eigenvalue weighted by atomic mass is 10.1. The maximum absolute atomic E-state index is 12.6. The SMILES string of the molecule is CCCCCOc1ccc(NC(=O)[C@@H]2CC(=O)N(c3ccc(C)cc3)C2)cc1. The van der Waals surface area contributed by atoms with Crippen molar-refractivity contribution in [2.75, 3.05) is 23.4 Å². The highest BCUT2D eigenvalue weighted by Gasteiger charge is 2.35.